The highest BCUT2D eigenvalue weighted by Gasteiger charge is 2.31. The van der Waals surface area contributed by atoms with Gasteiger partial charge in [0.05, 0.1) is 8.07 Å². The molecule has 0 aliphatic heterocycles. The van der Waals surface area contributed by atoms with Crippen LogP contribution in [0.3, 0.4) is 0 Å². The fraction of sp³-hybridized carbons (Fsp3) is 0.818. The zero-order valence-corrected chi connectivity index (χ0v) is 12.5. The lowest BCUT2D eigenvalue weighted by Gasteiger charge is -2.29. The molecule has 0 radical (unpaired) electrons. The van der Waals surface area contributed by atoms with Crippen LogP contribution in [-0.2, 0) is 4.43 Å². The van der Waals surface area contributed by atoms with E-state index in [0.29, 0.717) is 0 Å². The molecular formula is C11H26OSi2. The zero-order chi connectivity index (χ0) is 11.2. The molecule has 0 fully saturated rings. The molecule has 0 saturated carbocycles. The zero-order valence-electron chi connectivity index (χ0n) is 10.5. The summed E-state index contributed by atoms with van der Waals surface area (Å²) < 4.78 is 6.03. The SMILES string of the molecule is C=C[Si](C)(C)C[Si](C)(C)OCCCC. The van der Waals surface area contributed by atoms with Crippen LogP contribution in [0.15, 0.2) is 12.3 Å². The van der Waals surface area contributed by atoms with Gasteiger partial charge in [-0.05, 0) is 25.2 Å². The first kappa shape index (κ1) is 14.1. The summed E-state index contributed by atoms with van der Waals surface area (Å²) in [7, 11) is -2.58. The summed E-state index contributed by atoms with van der Waals surface area (Å²) in [6.07, 6.45) is 2.43. The predicted molar refractivity (Wildman–Crippen MR) is 70.8 cm³/mol. The second-order valence-electron chi connectivity index (χ2n) is 5.33. The first-order valence-corrected chi connectivity index (χ1v) is 12.0. The maximum Gasteiger partial charge on any atom is 0.184 e. The Morgan fingerprint density at radius 1 is 1.21 bits per heavy atom. The first-order valence-electron chi connectivity index (χ1n) is 5.60. The van der Waals surface area contributed by atoms with E-state index in [1.165, 1.54) is 18.5 Å². The third-order valence-corrected chi connectivity index (χ3v) is 11.6. The van der Waals surface area contributed by atoms with Crippen LogP contribution in [0.25, 0.3) is 0 Å². The molecular weight excluding hydrogens is 204 g/mol. The van der Waals surface area contributed by atoms with Crippen molar-refractivity contribution in [1.82, 2.24) is 0 Å². The van der Waals surface area contributed by atoms with Crippen LogP contribution in [0, 0.1) is 0 Å². The van der Waals surface area contributed by atoms with Gasteiger partial charge in [-0.2, -0.15) is 0 Å². The first-order chi connectivity index (χ1) is 6.33. The number of hydrogen-bond acceptors (Lipinski definition) is 1. The summed E-state index contributed by atoms with van der Waals surface area (Å²) >= 11 is 0. The van der Waals surface area contributed by atoms with Crippen molar-refractivity contribution in [1.29, 1.82) is 0 Å². The number of rotatable bonds is 7. The van der Waals surface area contributed by atoms with E-state index in [2.05, 4.69) is 45.4 Å². The number of hydrogen-bond donors (Lipinski definition) is 0. The van der Waals surface area contributed by atoms with E-state index in [4.69, 9.17) is 4.43 Å². The summed E-state index contributed by atoms with van der Waals surface area (Å²) in [6.45, 7) is 16.5. The van der Waals surface area contributed by atoms with Crippen molar-refractivity contribution in [3.63, 3.8) is 0 Å². The largest absolute Gasteiger partial charge is 0.418 e. The van der Waals surface area contributed by atoms with Gasteiger partial charge in [-0.25, -0.2) is 0 Å². The summed E-state index contributed by atoms with van der Waals surface area (Å²) in [5.74, 6) is 0. The van der Waals surface area contributed by atoms with E-state index in [1.807, 2.05) is 0 Å². The van der Waals surface area contributed by atoms with Gasteiger partial charge < -0.3 is 4.43 Å². The molecule has 0 bridgehead atoms. The molecule has 0 heterocycles. The van der Waals surface area contributed by atoms with Gasteiger partial charge in [0.1, 0.15) is 0 Å². The van der Waals surface area contributed by atoms with Gasteiger partial charge in [-0.3, -0.25) is 0 Å². The van der Waals surface area contributed by atoms with Crippen molar-refractivity contribution >= 4 is 16.4 Å². The predicted octanol–water partition coefficient (Wildman–Crippen LogP) is 3.98. The average Bonchev–Trinajstić information content (AvgIpc) is 2.03. The molecule has 0 amide bonds. The van der Waals surface area contributed by atoms with Crippen LogP contribution in [-0.4, -0.2) is 23.0 Å². The van der Waals surface area contributed by atoms with Gasteiger partial charge in [-0.1, -0.05) is 26.4 Å². The van der Waals surface area contributed by atoms with Gasteiger partial charge in [0.15, 0.2) is 8.32 Å². The van der Waals surface area contributed by atoms with E-state index >= 15 is 0 Å². The van der Waals surface area contributed by atoms with Crippen molar-refractivity contribution in [3.8, 4) is 0 Å². The molecule has 0 aromatic rings. The van der Waals surface area contributed by atoms with E-state index in [9.17, 15) is 0 Å². The minimum absolute atomic E-state index is 0.956. The molecule has 0 aliphatic rings. The maximum absolute atomic E-state index is 6.03. The average molecular weight is 230 g/mol. The van der Waals surface area contributed by atoms with E-state index in [1.54, 1.807) is 0 Å². The third-order valence-electron chi connectivity index (χ3n) is 2.42. The molecule has 0 atom stereocenters. The van der Waals surface area contributed by atoms with Gasteiger partial charge in [0.25, 0.3) is 0 Å². The van der Waals surface area contributed by atoms with Crippen LogP contribution in [0.2, 0.25) is 31.9 Å². The van der Waals surface area contributed by atoms with Gasteiger partial charge in [0, 0.05) is 6.61 Å². The third kappa shape index (κ3) is 6.57. The molecule has 0 aromatic heterocycles. The van der Waals surface area contributed by atoms with Crippen molar-refractivity contribution in [3.05, 3.63) is 12.3 Å². The monoisotopic (exact) mass is 230 g/mol. The topological polar surface area (TPSA) is 9.23 Å². The van der Waals surface area contributed by atoms with Crippen LogP contribution < -0.4 is 0 Å². The highest BCUT2D eigenvalue weighted by Crippen LogP contribution is 2.21. The smallest absolute Gasteiger partial charge is 0.184 e. The van der Waals surface area contributed by atoms with E-state index in [-0.39, 0.29) is 0 Å². The summed E-state index contributed by atoms with van der Waals surface area (Å²) in [6, 6.07) is 0. The van der Waals surface area contributed by atoms with Gasteiger partial charge in [0.2, 0.25) is 0 Å². The van der Waals surface area contributed by atoms with Crippen LogP contribution in [0.4, 0.5) is 0 Å². The van der Waals surface area contributed by atoms with Crippen molar-refractivity contribution in [2.75, 3.05) is 6.61 Å². The standard InChI is InChI=1S/C11H26OSi2/c1-7-9-10-12-14(5,6)11-13(3,4)8-2/h8H,2,7,9-11H2,1,3-6H3. The molecule has 0 aliphatic carbocycles. The molecule has 0 unspecified atom stereocenters. The Morgan fingerprint density at radius 2 is 1.79 bits per heavy atom. The summed E-state index contributed by atoms with van der Waals surface area (Å²) in [5, 5.41) is 0. The normalized spacial score (nSPS) is 12.9. The van der Waals surface area contributed by atoms with Crippen molar-refractivity contribution in [2.45, 2.75) is 51.6 Å². The van der Waals surface area contributed by atoms with E-state index < -0.39 is 16.4 Å². The Kier molecular flexibility index (Phi) is 5.94. The molecule has 0 spiro atoms. The van der Waals surface area contributed by atoms with Crippen LogP contribution in [0.5, 0.6) is 0 Å². The lowest BCUT2D eigenvalue weighted by Crippen LogP contribution is -2.41. The Morgan fingerprint density at radius 3 is 2.21 bits per heavy atom. The summed E-state index contributed by atoms with van der Waals surface area (Å²) in [5.41, 5.74) is 3.48. The molecule has 0 aromatic carbocycles. The van der Waals surface area contributed by atoms with Gasteiger partial charge >= 0.3 is 0 Å². The Labute approximate surface area is 91.7 Å². The Bertz CT molecular complexity index is 176. The lowest BCUT2D eigenvalue weighted by atomic mass is 10.4. The maximum atomic E-state index is 6.03. The van der Waals surface area contributed by atoms with E-state index in [0.717, 1.165) is 6.61 Å². The second kappa shape index (κ2) is 5.88. The molecule has 3 heteroatoms. The van der Waals surface area contributed by atoms with Crippen molar-refractivity contribution in [2.24, 2.45) is 0 Å². The fourth-order valence-corrected chi connectivity index (χ4v) is 12.2. The summed E-state index contributed by atoms with van der Waals surface area (Å²) in [4.78, 5) is 0. The molecule has 0 rings (SSSR count). The molecule has 0 saturated heterocycles. The fourth-order valence-electron chi connectivity index (χ4n) is 1.71. The second-order valence-corrected chi connectivity index (χ2v) is 14.9. The van der Waals surface area contributed by atoms with Crippen molar-refractivity contribution < 1.29 is 4.43 Å². The minimum Gasteiger partial charge on any atom is -0.418 e. The minimum atomic E-state index is -1.41. The Hall–Kier alpha value is 0.134. The number of unbranched alkanes of at least 4 members (excludes halogenated alkanes) is 1. The van der Waals surface area contributed by atoms with Crippen LogP contribution >= 0.6 is 0 Å². The Balaban J connectivity index is 3.99. The highest BCUT2D eigenvalue weighted by molar-refractivity contribution is 6.95. The van der Waals surface area contributed by atoms with Crippen LogP contribution in [0.1, 0.15) is 19.8 Å². The highest BCUT2D eigenvalue weighted by atomic mass is 28.4. The van der Waals surface area contributed by atoms with Gasteiger partial charge in [-0.15, -0.1) is 12.3 Å². The molecule has 14 heavy (non-hydrogen) atoms. The lowest BCUT2D eigenvalue weighted by molar-refractivity contribution is 0.301. The quantitative estimate of drug-likeness (QED) is 0.475. The molecule has 84 valence electrons. The molecule has 1 nitrogen and oxygen atoms in total. The molecule has 0 N–H and O–H groups in total.